The van der Waals surface area contributed by atoms with Gasteiger partial charge in [-0.15, -0.1) is 0 Å². The molecule has 3 rings (SSSR count). The molecule has 1 fully saturated rings. The molecule has 2 aromatic carbocycles. The van der Waals surface area contributed by atoms with Crippen LogP contribution in [-0.2, 0) is 11.3 Å². The van der Waals surface area contributed by atoms with Crippen molar-refractivity contribution in [1.82, 2.24) is 0 Å². The first-order chi connectivity index (χ1) is 13.0. The highest BCUT2D eigenvalue weighted by molar-refractivity contribution is 5.93. The van der Waals surface area contributed by atoms with E-state index in [1.807, 2.05) is 30.3 Å². The van der Waals surface area contributed by atoms with Crippen molar-refractivity contribution in [3.8, 4) is 11.5 Å². The lowest BCUT2D eigenvalue weighted by Gasteiger charge is -2.24. The van der Waals surface area contributed by atoms with Crippen molar-refractivity contribution in [2.24, 2.45) is 0 Å². The fourth-order valence-corrected chi connectivity index (χ4v) is 2.79. The third-order valence-corrected chi connectivity index (χ3v) is 4.19. The van der Waals surface area contributed by atoms with Crippen LogP contribution in [0.5, 0.6) is 11.5 Å². The maximum atomic E-state index is 11.4. The second-order valence-electron chi connectivity index (χ2n) is 6.08. The van der Waals surface area contributed by atoms with Crippen molar-refractivity contribution < 1.29 is 29.0 Å². The predicted molar refractivity (Wildman–Crippen MR) is 95.3 cm³/mol. The summed E-state index contributed by atoms with van der Waals surface area (Å²) in [6.07, 6.45) is 1.13. The number of aromatic carboxylic acids is 1. The summed E-state index contributed by atoms with van der Waals surface area (Å²) in [5.41, 5.74) is -0.0986. The molecule has 142 valence electrons. The molecule has 1 N–H and O–H groups in total. The van der Waals surface area contributed by atoms with E-state index in [-0.39, 0.29) is 24.2 Å². The van der Waals surface area contributed by atoms with Gasteiger partial charge in [-0.3, -0.25) is 10.1 Å². The number of hydrogen-bond acceptors (Lipinski definition) is 6. The standard InChI is InChI=1S/C19H19NO7/c21-19(22)15-10-18(27-14-6-8-25-9-7-14)17(11-16(15)20(23)24)26-12-13-4-2-1-3-5-13/h1-5,10-11,14H,6-9,12H2,(H,21,22). The number of nitrogens with zero attached hydrogens (tertiary/aromatic N) is 1. The predicted octanol–water partition coefficient (Wildman–Crippen LogP) is 3.43. The number of carboxylic acids is 1. The van der Waals surface area contributed by atoms with E-state index in [2.05, 4.69) is 0 Å². The van der Waals surface area contributed by atoms with Crippen LogP contribution in [0.15, 0.2) is 42.5 Å². The van der Waals surface area contributed by atoms with Crippen molar-refractivity contribution in [1.29, 1.82) is 0 Å². The fraction of sp³-hybridized carbons (Fsp3) is 0.316. The van der Waals surface area contributed by atoms with Crippen LogP contribution >= 0.6 is 0 Å². The first-order valence-electron chi connectivity index (χ1n) is 8.51. The number of nitro benzene ring substituents is 1. The third-order valence-electron chi connectivity index (χ3n) is 4.19. The maximum absolute atomic E-state index is 11.4. The molecular weight excluding hydrogens is 354 g/mol. The van der Waals surface area contributed by atoms with Crippen molar-refractivity contribution in [2.75, 3.05) is 13.2 Å². The molecule has 8 nitrogen and oxygen atoms in total. The van der Waals surface area contributed by atoms with Crippen LogP contribution in [0, 0.1) is 10.1 Å². The van der Waals surface area contributed by atoms with Crippen molar-refractivity contribution in [2.45, 2.75) is 25.6 Å². The van der Waals surface area contributed by atoms with Gasteiger partial charge in [-0.2, -0.15) is 0 Å². The molecule has 1 aliphatic heterocycles. The van der Waals surface area contributed by atoms with Gasteiger partial charge in [-0.1, -0.05) is 30.3 Å². The molecule has 0 bridgehead atoms. The fourth-order valence-electron chi connectivity index (χ4n) is 2.79. The lowest BCUT2D eigenvalue weighted by atomic mass is 10.1. The van der Waals surface area contributed by atoms with E-state index in [1.54, 1.807) is 0 Å². The molecule has 0 saturated carbocycles. The van der Waals surface area contributed by atoms with Gasteiger partial charge in [-0.25, -0.2) is 4.79 Å². The smallest absolute Gasteiger partial charge is 0.342 e. The molecule has 1 aliphatic rings. The van der Waals surface area contributed by atoms with Crippen LogP contribution < -0.4 is 9.47 Å². The van der Waals surface area contributed by atoms with Gasteiger partial charge in [0, 0.05) is 18.9 Å². The Bertz CT molecular complexity index is 816. The Balaban J connectivity index is 1.92. The van der Waals surface area contributed by atoms with E-state index in [0.29, 0.717) is 26.1 Å². The Labute approximate surface area is 155 Å². The molecule has 1 saturated heterocycles. The lowest BCUT2D eigenvalue weighted by molar-refractivity contribution is -0.385. The average molecular weight is 373 g/mol. The Kier molecular flexibility index (Phi) is 5.87. The zero-order valence-corrected chi connectivity index (χ0v) is 14.5. The lowest BCUT2D eigenvalue weighted by Crippen LogP contribution is -2.26. The number of hydrogen-bond donors (Lipinski definition) is 1. The van der Waals surface area contributed by atoms with E-state index < -0.39 is 22.1 Å². The van der Waals surface area contributed by atoms with E-state index in [0.717, 1.165) is 17.7 Å². The number of carboxylic acid groups (broad SMARTS) is 1. The van der Waals surface area contributed by atoms with Crippen molar-refractivity contribution in [3.63, 3.8) is 0 Å². The zero-order chi connectivity index (χ0) is 19.2. The second-order valence-corrected chi connectivity index (χ2v) is 6.08. The molecule has 2 aromatic rings. The normalized spacial score (nSPS) is 14.5. The van der Waals surface area contributed by atoms with Gasteiger partial charge in [-0.05, 0) is 5.56 Å². The monoisotopic (exact) mass is 373 g/mol. The van der Waals surface area contributed by atoms with Crippen LogP contribution in [0.3, 0.4) is 0 Å². The minimum absolute atomic E-state index is 0.141. The van der Waals surface area contributed by atoms with Crippen molar-refractivity contribution >= 4 is 11.7 Å². The number of nitro groups is 1. The summed E-state index contributed by atoms with van der Waals surface area (Å²) < 4.78 is 16.9. The third kappa shape index (κ3) is 4.73. The summed E-state index contributed by atoms with van der Waals surface area (Å²) >= 11 is 0. The van der Waals surface area contributed by atoms with Gasteiger partial charge in [0.25, 0.3) is 5.69 Å². The molecule has 0 atom stereocenters. The molecule has 0 unspecified atom stereocenters. The van der Waals surface area contributed by atoms with Crippen LogP contribution in [0.2, 0.25) is 0 Å². The van der Waals surface area contributed by atoms with Crippen molar-refractivity contribution in [3.05, 3.63) is 63.7 Å². The summed E-state index contributed by atoms with van der Waals surface area (Å²) in [6, 6.07) is 11.6. The highest BCUT2D eigenvalue weighted by atomic mass is 16.6. The summed E-state index contributed by atoms with van der Waals surface area (Å²) in [5.74, 6) is -1.07. The van der Waals surface area contributed by atoms with Gasteiger partial charge >= 0.3 is 5.97 Å². The summed E-state index contributed by atoms with van der Waals surface area (Å²) in [5, 5.41) is 20.6. The Hall–Kier alpha value is -3.13. The number of benzene rings is 2. The average Bonchev–Trinajstić information content (AvgIpc) is 2.68. The highest BCUT2D eigenvalue weighted by Gasteiger charge is 2.26. The Morgan fingerprint density at radius 1 is 1.19 bits per heavy atom. The van der Waals surface area contributed by atoms with Gasteiger partial charge in [0.1, 0.15) is 18.3 Å². The zero-order valence-electron chi connectivity index (χ0n) is 14.5. The van der Waals surface area contributed by atoms with Crippen LogP contribution in [0.1, 0.15) is 28.8 Å². The summed E-state index contributed by atoms with van der Waals surface area (Å²) in [6.45, 7) is 1.27. The minimum atomic E-state index is -1.40. The van der Waals surface area contributed by atoms with Gasteiger partial charge < -0.3 is 19.3 Å². The molecule has 27 heavy (non-hydrogen) atoms. The molecular formula is C19H19NO7. The number of rotatable bonds is 7. The molecule has 0 spiro atoms. The number of carbonyl (C=O) groups is 1. The largest absolute Gasteiger partial charge is 0.486 e. The minimum Gasteiger partial charge on any atom is -0.486 e. The molecule has 0 aromatic heterocycles. The first-order valence-corrected chi connectivity index (χ1v) is 8.51. The SMILES string of the molecule is O=C(O)c1cc(OC2CCOCC2)c(OCc2ccccc2)cc1[N+](=O)[O-]. The summed E-state index contributed by atoms with van der Waals surface area (Å²) in [4.78, 5) is 22.0. The van der Waals surface area contributed by atoms with Crippen LogP contribution in [0.4, 0.5) is 5.69 Å². The number of ether oxygens (including phenoxy) is 3. The topological polar surface area (TPSA) is 108 Å². The molecule has 0 amide bonds. The van der Waals surface area contributed by atoms with Gasteiger partial charge in [0.15, 0.2) is 11.5 Å². The van der Waals surface area contributed by atoms with E-state index in [9.17, 15) is 20.0 Å². The maximum Gasteiger partial charge on any atom is 0.342 e. The first kappa shape index (κ1) is 18.7. The van der Waals surface area contributed by atoms with Crippen LogP contribution in [0.25, 0.3) is 0 Å². The summed E-state index contributed by atoms with van der Waals surface area (Å²) in [7, 11) is 0. The van der Waals surface area contributed by atoms with E-state index in [1.165, 1.54) is 0 Å². The van der Waals surface area contributed by atoms with E-state index in [4.69, 9.17) is 14.2 Å². The van der Waals surface area contributed by atoms with Crippen LogP contribution in [-0.4, -0.2) is 35.3 Å². The molecule has 0 radical (unpaired) electrons. The Morgan fingerprint density at radius 2 is 1.89 bits per heavy atom. The molecule has 8 heteroatoms. The van der Waals surface area contributed by atoms with E-state index >= 15 is 0 Å². The highest BCUT2D eigenvalue weighted by Crippen LogP contribution is 2.37. The quantitative estimate of drug-likeness (QED) is 0.585. The van der Waals surface area contributed by atoms with Gasteiger partial charge in [0.05, 0.1) is 24.2 Å². The molecule has 1 heterocycles. The second kappa shape index (κ2) is 8.50. The van der Waals surface area contributed by atoms with Gasteiger partial charge in [0.2, 0.25) is 0 Å². The molecule has 0 aliphatic carbocycles. The Morgan fingerprint density at radius 3 is 2.52 bits per heavy atom.